The van der Waals surface area contributed by atoms with Crippen LogP contribution < -0.4 is 4.74 Å². The Hall–Kier alpha value is -2.75. The summed E-state index contributed by atoms with van der Waals surface area (Å²) in [4.78, 5) is 18.3. The monoisotopic (exact) mass is 362 g/mol. The number of piperidine rings is 1. The van der Waals surface area contributed by atoms with Crippen LogP contribution in [0.15, 0.2) is 48.5 Å². The summed E-state index contributed by atoms with van der Waals surface area (Å²) in [6, 6.07) is 16.0. The first-order chi connectivity index (χ1) is 13.2. The lowest BCUT2D eigenvalue weighted by atomic mass is 9.89. The van der Waals surface area contributed by atoms with Crippen LogP contribution in [-0.4, -0.2) is 36.0 Å². The lowest BCUT2D eigenvalue weighted by Crippen LogP contribution is -2.39. The lowest BCUT2D eigenvalue weighted by molar-refractivity contribution is 0.0687. The first-order valence-corrected chi connectivity index (χ1v) is 9.66. The van der Waals surface area contributed by atoms with E-state index >= 15 is 0 Å². The molecule has 140 valence electrons. The van der Waals surface area contributed by atoms with E-state index in [1.807, 2.05) is 29.2 Å². The van der Waals surface area contributed by atoms with Gasteiger partial charge in [-0.15, -0.1) is 0 Å². The number of aryl methyl sites for hydroxylation is 1. The number of benzene rings is 2. The van der Waals surface area contributed by atoms with E-state index < -0.39 is 0 Å². The molecule has 27 heavy (non-hydrogen) atoms. The summed E-state index contributed by atoms with van der Waals surface area (Å²) in [6.07, 6.45) is 3.16. The Balaban J connectivity index is 1.43. The molecule has 1 fully saturated rings. The molecule has 3 aromatic rings. The maximum atomic E-state index is 12.9. The van der Waals surface area contributed by atoms with Crippen molar-refractivity contribution in [1.82, 2.24) is 9.88 Å². The van der Waals surface area contributed by atoms with E-state index in [1.54, 1.807) is 7.11 Å². The summed E-state index contributed by atoms with van der Waals surface area (Å²) in [7, 11) is 1.61. The Morgan fingerprint density at radius 3 is 2.59 bits per heavy atom. The maximum Gasteiger partial charge on any atom is 0.257 e. The number of hydrogen-bond donors (Lipinski definition) is 1. The number of methoxy groups -OCH3 is 1. The van der Waals surface area contributed by atoms with Gasteiger partial charge >= 0.3 is 0 Å². The van der Waals surface area contributed by atoms with Crippen molar-refractivity contribution in [2.45, 2.75) is 26.2 Å². The number of nitrogens with zero attached hydrogens (tertiary/aromatic N) is 1. The third-order valence-corrected chi connectivity index (χ3v) is 5.76. The van der Waals surface area contributed by atoms with Crippen molar-refractivity contribution in [1.29, 1.82) is 0 Å². The maximum absolute atomic E-state index is 12.9. The number of aromatic nitrogens is 1. The van der Waals surface area contributed by atoms with Gasteiger partial charge < -0.3 is 14.6 Å². The van der Waals surface area contributed by atoms with Gasteiger partial charge in [0.1, 0.15) is 5.75 Å². The lowest BCUT2D eigenvalue weighted by Gasteiger charge is -2.32. The standard InChI is InChI=1S/C23H26N2O2/c1-16-20(18-7-3-5-9-21(18)24-16)15-17-11-13-25(14-12-17)23(26)19-8-4-6-10-22(19)27-2/h3-10,17,24H,11-15H2,1-2H3. The number of para-hydroxylation sites is 2. The van der Waals surface area contributed by atoms with Crippen molar-refractivity contribution < 1.29 is 9.53 Å². The number of carbonyl (C=O) groups is 1. The minimum Gasteiger partial charge on any atom is -0.496 e. The number of nitrogens with one attached hydrogen (secondary N) is 1. The van der Waals surface area contributed by atoms with Crippen molar-refractivity contribution >= 4 is 16.8 Å². The SMILES string of the molecule is COc1ccccc1C(=O)N1CCC(Cc2c(C)[nH]c3ccccc23)CC1. The van der Waals surface area contributed by atoms with Crippen LogP contribution >= 0.6 is 0 Å². The molecule has 2 heterocycles. The Bertz CT molecular complexity index is 952. The molecule has 0 unspecified atom stereocenters. The predicted octanol–water partition coefficient (Wildman–Crippen LogP) is 4.58. The Morgan fingerprint density at radius 1 is 1.11 bits per heavy atom. The summed E-state index contributed by atoms with van der Waals surface area (Å²) in [5, 5.41) is 1.34. The van der Waals surface area contributed by atoms with Crippen molar-refractivity contribution in [2.75, 3.05) is 20.2 Å². The van der Waals surface area contributed by atoms with Crippen molar-refractivity contribution in [2.24, 2.45) is 5.92 Å². The molecular weight excluding hydrogens is 336 g/mol. The highest BCUT2D eigenvalue weighted by Gasteiger charge is 2.26. The predicted molar refractivity (Wildman–Crippen MR) is 108 cm³/mol. The molecule has 0 radical (unpaired) electrons. The molecule has 4 nitrogen and oxygen atoms in total. The van der Waals surface area contributed by atoms with E-state index in [-0.39, 0.29) is 5.91 Å². The molecule has 1 N–H and O–H groups in total. The fourth-order valence-electron chi connectivity index (χ4n) is 4.22. The number of aromatic amines is 1. The number of carbonyl (C=O) groups excluding carboxylic acids is 1. The molecular formula is C23H26N2O2. The van der Waals surface area contributed by atoms with E-state index in [2.05, 4.69) is 36.2 Å². The molecule has 0 bridgehead atoms. The average molecular weight is 362 g/mol. The number of ether oxygens (including phenoxy) is 1. The molecule has 4 rings (SSSR count). The fourth-order valence-corrected chi connectivity index (χ4v) is 4.22. The van der Waals surface area contributed by atoms with Gasteiger partial charge in [-0.05, 0) is 55.9 Å². The van der Waals surface area contributed by atoms with Crippen LogP contribution in [0.1, 0.15) is 34.5 Å². The zero-order valence-electron chi connectivity index (χ0n) is 16.0. The van der Waals surface area contributed by atoms with Gasteiger partial charge in [0.25, 0.3) is 5.91 Å². The van der Waals surface area contributed by atoms with Crippen LogP contribution in [0.2, 0.25) is 0 Å². The Labute approximate surface area is 160 Å². The van der Waals surface area contributed by atoms with Crippen LogP contribution in [-0.2, 0) is 6.42 Å². The Morgan fingerprint density at radius 2 is 1.81 bits per heavy atom. The number of fused-ring (bicyclic) bond motifs is 1. The zero-order valence-corrected chi connectivity index (χ0v) is 16.0. The van der Waals surface area contributed by atoms with Gasteiger partial charge in [0, 0.05) is 29.7 Å². The number of H-pyrrole nitrogens is 1. The molecule has 0 aliphatic carbocycles. The van der Waals surface area contributed by atoms with Crippen LogP contribution in [0, 0.1) is 12.8 Å². The van der Waals surface area contributed by atoms with Gasteiger partial charge in [-0.1, -0.05) is 30.3 Å². The van der Waals surface area contributed by atoms with Crippen molar-refractivity contribution in [3.63, 3.8) is 0 Å². The number of rotatable bonds is 4. The van der Waals surface area contributed by atoms with Gasteiger partial charge in [-0.2, -0.15) is 0 Å². The molecule has 1 aromatic heterocycles. The van der Waals surface area contributed by atoms with E-state index in [0.717, 1.165) is 32.4 Å². The number of amides is 1. The summed E-state index contributed by atoms with van der Waals surface area (Å²) in [6.45, 7) is 3.78. The molecule has 2 aromatic carbocycles. The van der Waals surface area contributed by atoms with Gasteiger partial charge in [0.05, 0.1) is 12.7 Å². The van der Waals surface area contributed by atoms with Crippen LogP contribution in [0.3, 0.4) is 0 Å². The second-order valence-corrected chi connectivity index (χ2v) is 7.41. The molecule has 0 spiro atoms. The van der Waals surface area contributed by atoms with Crippen molar-refractivity contribution in [3.8, 4) is 5.75 Å². The van der Waals surface area contributed by atoms with E-state index in [4.69, 9.17) is 4.74 Å². The fraction of sp³-hybridized carbons (Fsp3) is 0.348. The van der Waals surface area contributed by atoms with Crippen molar-refractivity contribution in [3.05, 3.63) is 65.4 Å². The highest BCUT2D eigenvalue weighted by Crippen LogP contribution is 2.29. The molecule has 0 saturated carbocycles. The highest BCUT2D eigenvalue weighted by atomic mass is 16.5. The molecule has 4 heteroatoms. The number of hydrogen-bond acceptors (Lipinski definition) is 2. The van der Waals surface area contributed by atoms with Gasteiger partial charge in [-0.25, -0.2) is 0 Å². The third-order valence-electron chi connectivity index (χ3n) is 5.76. The molecule has 1 aliphatic rings. The van der Waals surface area contributed by atoms with E-state index in [1.165, 1.54) is 22.2 Å². The van der Waals surface area contributed by atoms with Crippen LogP contribution in [0.25, 0.3) is 10.9 Å². The molecule has 1 aliphatic heterocycles. The van der Waals surface area contributed by atoms with Gasteiger partial charge in [-0.3, -0.25) is 4.79 Å². The van der Waals surface area contributed by atoms with Gasteiger partial charge in [0.2, 0.25) is 0 Å². The number of likely N-dealkylation sites (tertiary alicyclic amines) is 1. The molecule has 1 amide bonds. The first-order valence-electron chi connectivity index (χ1n) is 9.66. The Kier molecular flexibility index (Phi) is 4.88. The second-order valence-electron chi connectivity index (χ2n) is 7.41. The quantitative estimate of drug-likeness (QED) is 0.738. The second kappa shape index (κ2) is 7.47. The van der Waals surface area contributed by atoms with Crippen LogP contribution in [0.4, 0.5) is 0 Å². The summed E-state index contributed by atoms with van der Waals surface area (Å²) in [5.74, 6) is 1.35. The van der Waals surface area contributed by atoms with E-state index in [0.29, 0.717) is 17.2 Å². The largest absolute Gasteiger partial charge is 0.496 e. The average Bonchev–Trinajstić information content (AvgIpc) is 3.03. The molecule has 1 saturated heterocycles. The van der Waals surface area contributed by atoms with Gasteiger partial charge in [0.15, 0.2) is 0 Å². The highest BCUT2D eigenvalue weighted by molar-refractivity contribution is 5.97. The third kappa shape index (κ3) is 3.44. The topological polar surface area (TPSA) is 45.3 Å². The minimum atomic E-state index is 0.0779. The summed E-state index contributed by atoms with van der Waals surface area (Å²) >= 11 is 0. The minimum absolute atomic E-state index is 0.0779. The normalized spacial score (nSPS) is 15.3. The zero-order chi connectivity index (χ0) is 18.8. The molecule has 0 atom stereocenters. The summed E-state index contributed by atoms with van der Waals surface area (Å²) in [5.41, 5.74) is 4.57. The first kappa shape index (κ1) is 17.7. The summed E-state index contributed by atoms with van der Waals surface area (Å²) < 4.78 is 5.35. The van der Waals surface area contributed by atoms with E-state index in [9.17, 15) is 4.79 Å². The van der Waals surface area contributed by atoms with Crippen LogP contribution in [0.5, 0.6) is 5.75 Å². The smallest absolute Gasteiger partial charge is 0.257 e.